The summed E-state index contributed by atoms with van der Waals surface area (Å²) >= 11 is 1.63. The molecule has 3 rings (SSSR count). The summed E-state index contributed by atoms with van der Waals surface area (Å²) in [4.78, 5) is 17.1. The third-order valence-electron chi connectivity index (χ3n) is 3.30. The smallest absolute Gasteiger partial charge is 0.192 e. The van der Waals surface area contributed by atoms with Crippen molar-refractivity contribution in [3.05, 3.63) is 29.7 Å². The predicted molar refractivity (Wildman–Crippen MR) is 81.1 cm³/mol. The fourth-order valence-electron chi connectivity index (χ4n) is 2.27. The molecule has 0 aromatic carbocycles. The molecule has 0 aliphatic carbocycles. The van der Waals surface area contributed by atoms with Gasteiger partial charge in [0, 0.05) is 50.1 Å². The van der Waals surface area contributed by atoms with Crippen molar-refractivity contribution in [2.24, 2.45) is 10.9 Å². The number of anilines is 2. The Kier molecular flexibility index (Phi) is 3.82. The first-order valence-corrected chi connectivity index (χ1v) is 7.36. The number of rotatable bonds is 3. The number of piperazine rings is 1. The summed E-state index contributed by atoms with van der Waals surface area (Å²) < 4.78 is 0. The van der Waals surface area contributed by atoms with E-state index in [-0.39, 0.29) is 5.84 Å². The molecule has 3 heterocycles. The fourth-order valence-corrected chi connectivity index (χ4v) is 2.97. The molecule has 1 fully saturated rings. The van der Waals surface area contributed by atoms with Crippen molar-refractivity contribution in [2.45, 2.75) is 0 Å². The van der Waals surface area contributed by atoms with Gasteiger partial charge in [-0.1, -0.05) is 5.16 Å². The molecule has 2 aromatic heterocycles. The van der Waals surface area contributed by atoms with E-state index in [0.717, 1.165) is 31.3 Å². The molecule has 0 radical (unpaired) electrons. The fraction of sp³-hybridized carbons (Fsp3) is 0.333. The number of oxime groups is 1. The minimum absolute atomic E-state index is 0.0274. The van der Waals surface area contributed by atoms with Crippen LogP contribution in [0, 0.1) is 0 Å². The van der Waals surface area contributed by atoms with Gasteiger partial charge < -0.3 is 20.7 Å². The molecule has 21 heavy (non-hydrogen) atoms. The van der Waals surface area contributed by atoms with Crippen molar-refractivity contribution in [2.75, 3.05) is 36.0 Å². The molecule has 0 atom stereocenters. The van der Waals surface area contributed by atoms with Gasteiger partial charge in [0.05, 0.1) is 0 Å². The minimum atomic E-state index is -0.0274. The highest BCUT2D eigenvalue weighted by Crippen LogP contribution is 2.22. The Balaban J connectivity index is 1.75. The van der Waals surface area contributed by atoms with Gasteiger partial charge in [-0.25, -0.2) is 15.0 Å². The Morgan fingerprint density at radius 1 is 1.10 bits per heavy atom. The molecule has 0 unspecified atom stereocenters. The summed E-state index contributed by atoms with van der Waals surface area (Å²) in [6.45, 7) is 3.26. The Morgan fingerprint density at radius 2 is 1.81 bits per heavy atom. The van der Waals surface area contributed by atoms with E-state index in [1.54, 1.807) is 17.5 Å². The average molecular weight is 305 g/mol. The van der Waals surface area contributed by atoms with Gasteiger partial charge in [0.1, 0.15) is 0 Å². The van der Waals surface area contributed by atoms with Crippen molar-refractivity contribution in [3.8, 4) is 0 Å². The standard InChI is InChI=1S/C12H15N7OS/c13-10(17-20)9-11(15-2-1-14-9)18-4-6-19(7-5-18)12-16-3-8-21-12/h1-3,8,20H,4-7H2,(H2,13,17). The molecular weight excluding hydrogens is 290 g/mol. The number of nitrogens with two attached hydrogens (primary N) is 1. The third kappa shape index (κ3) is 2.72. The van der Waals surface area contributed by atoms with Crippen LogP contribution in [0.25, 0.3) is 0 Å². The Hall–Kier alpha value is -2.42. The lowest BCUT2D eigenvalue weighted by Crippen LogP contribution is -2.47. The lowest BCUT2D eigenvalue weighted by Gasteiger charge is -2.35. The van der Waals surface area contributed by atoms with Crippen LogP contribution in [0.15, 0.2) is 29.1 Å². The van der Waals surface area contributed by atoms with Crippen molar-refractivity contribution in [1.82, 2.24) is 15.0 Å². The van der Waals surface area contributed by atoms with Gasteiger partial charge in [0.15, 0.2) is 22.5 Å². The van der Waals surface area contributed by atoms with Crippen molar-refractivity contribution < 1.29 is 5.21 Å². The second-order valence-corrected chi connectivity index (χ2v) is 5.38. The number of hydrogen-bond donors (Lipinski definition) is 2. The molecule has 9 heteroatoms. The molecule has 0 saturated carbocycles. The van der Waals surface area contributed by atoms with E-state index in [0.29, 0.717) is 11.5 Å². The summed E-state index contributed by atoms with van der Waals surface area (Å²) in [5.41, 5.74) is 6.06. The average Bonchev–Trinajstić information content (AvgIpc) is 3.09. The number of hydrogen-bond acceptors (Lipinski definition) is 8. The lowest BCUT2D eigenvalue weighted by atomic mass is 10.3. The van der Waals surface area contributed by atoms with Crippen LogP contribution in [0.5, 0.6) is 0 Å². The zero-order valence-corrected chi connectivity index (χ0v) is 12.1. The zero-order valence-electron chi connectivity index (χ0n) is 11.3. The first-order valence-electron chi connectivity index (χ1n) is 6.48. The molecule has 0 bridgehead atoms. The van der Waals surface area contributed by atoms with Crippen LogP contribution in [-0.2, 0) is 0 Å². The van der Waals surface area contributed by atoms with Gasteiger partial charge in [-0.05, 0) is 0 Å². The molecular formula is C12H15N7OS. The van der Waals surface area contributed by atoms with Gasteiger partial charge in [0.2, 0.25) is 0 Å². The maximum atomic E-state index is 8.84. The maximum Gasteiger partial charge on any atom is 0.192 e. The molecule has 2 aromatic rings. The quantitative estimate of drug-likeness (QED) is 0.365. The number of aromatic nitrogens is 3. The van der Waals surface area contributed by atoms with Crippen molar-refractivity contribution >= 4 is 28.1 Å². The highest BCUT2D eigenvalue weighted by Gasteiger charge is 2.23. The molecule has 1 saturated heterocycles. The van der Waals surface area contributed by atoms with E-state index in [4.69, 9.17) is 10.9 Å². The van der Waals surface area contributed by atoms with E-state index >= 15 is 0 Å². The van der Waals surface area contributed by atoms with Crippen LogP contribution in [0.1, 0.15) is 5.69 Å². The van der Waals surface area contributed by atoms with Crippen LogP contribution in [0.2, 0.25) is 0 Å². The topological polar surface area (TPSA) is 104 Å². The normalized spacial score (nSPS) is 16.3. The van der Waals surface area contributed by atoms with Crippen LogP contribution in [0.4, 0.5) is 10.9 Å². The Labute approximate surface area is 125 Å². The summed E-state index contributed by atoms with van der Waals surface area (Å²) in [6, 6.07) is 0. The van der Waals surface area contributed by atoms with Crippen LogP contribution < -0.4 is 15.5 Å². The maximum absolute atomic E-state index is 8.84. The number of amidine groups is 1. The monoisotopic (exact) mass is 305 g/mol. The second-order valence-electron chi connectivity index (χ2n) is 4.50. The van der Waals surface area contributed by atoms with E-state index in [1.165, 1.54) is 6.20 Å². The summed E-state index contributed by atoms with van der Waals surface area (Å²) in [5.74, 6) is 0.618. The molecule has 110 valence electrons. The molecule has 0 spiro atoms. The number of nitrogens with zero attached hydrogens (tertiary/aromatic N) is 6. The summed E-state index contributed by atoms with van der Waals surface area (Å²) in [6.07, 6.45) is 4.95. The van der Waals surface area contributed by atoms with Crippen LogP contribution >= 0.6 is 11.3 Å². The van der Waals surface area contributed by atoms with Crippen LogP contribution in [-0.4, -0.2) is 52.2 Å². The van der Waals surface area contributed by atoms with E-state index in [2.05, 4.69) is 29.9 Å². The summed E-state index contributed by atoms with van der Waals surface area (Å²) in [7, 11) is 0. The third-order valence-corrected chi connectivity index (χ3v) is 4.13. The second kappa shape index (κ2) is 5.92. The highest BCUT2D eigenvalue weighted by molar-refractivity contribution is 7.13. The molecule has 8 nitrogen and oxygen atoms in total. The first-order chi connectivity index (χ1) is 10.3. The van der Waals surface area contributed by atoms with Crippen LogP contribution in [0.3, 0.4) is 0 Å². The Bertz CT molecular complexity index is 622. The highest BCUT2D eigenvalue weighted by atomic mass is 32.1. The molecule has 3 N–H and O–H groups in total. The van der Waals surface area contributed by atoms with E-state index in [1.807, 2.05) is 11.6 Å². The predicted octanol–water partition coefficient (Wildman–Crippen LogP) is 0.354. The molecule has 1 aliphatic rings. The molecule has 1 aliphatic heterocycles. The van der Waals surface area contributed by atoms with Gasteiger partial charge in [-0.15, -0.1) is 11.3 Å². The first kappa shape index (κ1) is 13.6. The Morgan fingerprint density at radius 3 is 2.48 bits per heavy atom. The van der Waals surface area contributed by atoms with Gasteiger partial charge in [-0.3, -0.25) is 0 Å². The van der Waals surface area contributed by atoms with Gasteiger partial charge >= 0.3 is 0 Å². The number of thiazole rings is 1. The van der Waals surface area contributed by atoms with Gasteiger partial charge in [0.25, 0.3) is 0 Å². The zero-order chi connectivity index (χ0) is 14.7. The van der Waals surface area contributed by atoms with E-state index < -0.39 is 0 Å². The van der Waals surface area contributed by atoms with E-state index in [9.17, 15) is 0 Å². The largest absolute Gasteiger partial charge is 0.409 e. The molecule has 0 amide bonds. The summed E-state index contributed by atoms with van der Waals surface area (Å²) in [5, 5.41) is 14.9. The SMILES string of the molecule is NC(=NO)c1nccnc1N1CCN(c2nccs2)CC1. The lowest BCUT2D eigenvalue weighted by molar-refractivity contribution is 0.318. The minimum Gasteiger partial charge on any atom is -0.409 e. The van der Waals surface area contributed by atoms with Crippen molar-refractivity contribution in [1.29, 1.82) is 0 Å². The van der Waals surface area contributed by atoms with Gasteiger partial charge in [-0.2, -0.15) is 0 Å². The van der Waals surface area contributed by atoms with Crippen molar-refractivity contribution in [3.63, 3.8) is 0 Å².